The Morgan fingerprint density at radius 3 is 1.45 bits per heavy atom. The first-order chi connectivity index (χ1) is 14.1. The number of hydrogen-bond acceptors (Lipinski definition) is 3. The molecule has 0 unspecified atom stereocenters. The second-order valence-electron chi connectivity index (χ2n) is 7.69. The molecule has 3 heteroatoms. The Balaban J connectivity index is 1.68. The molecule has 0 amide bonds. The van der Waals surface area contributed by atoms with E-state index in [0.29, 0.717) is 39.5 Å². The number of ether oxygens (including phenoxy) is 2. The van der Waals surface area contributed by atoms with Crippen molar-refractivity contribution in [2.24, 2.45) is 0 Å². The van der Waals surface area contributed by atoms with Crippen molar-refractivity contribution in [3.8, 4) is 23.7 Å². The summed E-state index contributed by atoms with van der Waals surface area (Å²) >= 11 is 0. The number of nitrogens with zero attached hydrogens (tertiary/aromatic N) is 1. The molecule has 0 aliphatic heterocycles. The van der Waals surface area contributed by atoms with Crippen LogP contribution in [0.1, 0.15) is 31.9 Å². The van der Waals surface area contributed by atoms with Crippen molar-refractivity contribution in [1.82, 2.24) is 4.90 Å². The van der Waals surface area contributed by atoms with Gasteiger partial charge < -0.3 is 9.47 Å². The zero-order valence-electron chi connectivity index (χ0n) is 17.8. The molecule has 0 aromatic heterocycles. The summed E-state index contributed by atoms with van der Waals surface area (Å²) in [5.41, 5.74) is 2.32. The lowest BCUT2D eigenvalue weighted by Crippen LogP contribution is -2.41. The highest BCUT2D eigenvalue weighted by Gasteiger charge is 2.18. The van der Waals surface area contributed by atoms with Crippen LogP contribution in [0, 0.1) is 23.7 Å². The molecular formula is C26H31NO2. The van der Waals surface area contributed by atoms with Crippen LogP contribution in [0.15, 0.2) is 60.7 Å². The van der Waals surface area contributed by atoms with Crippen molar-refractivity contribution in [3.05, 3.63) is 71.8 Å². The van der Waals surface area contributed by atoms with E-state index in [2.05, 4.69) is 73.6 Å². The van der Waals surface area contributed by atoms with Gasteiger partial charge in [0, 0.05) is 5.54 Å². The van der Waals surface area contributed by atoms with Gasteiger partial charge >= 0.3 is 0 Å². The van der Waals surface area contributed by atoms with Crippen LogP contribution in [0.25, 0.3) is 0 Å². The van der Waals surface area contributed by atoms with Crippen molar-refractivity contribution in [3.63, 3.8) is 0 Å². The zero-order chi connectivity index (χ0) is 20.8. The van der Waals surface area contributed by atoms with Crippen LogP contribution in [-0.2, 0) is 22.7 Å². The first kappa shape index (κ1) is 22.7. The van der Waals surface area contributed by atoms with Gasteiger partial charge in [-0.05, 0) is 31.9 Å². The highest BCUT2D eigenvalue weighted by molar-refractivity contribution is 5.14. The molecule has 0 aliphatic carbocycles. The van der Waals surface area contributed by atoms with Crippen molar-refractivity contribution < 1.29 is 9.47 Å². The molecule has 0 fully saturated rings. The predicted molar refractivity (Wildman–Crippen MR) is 119 cm³/mol. The Morgan fingerprint density at radius 2 is 1.07 bits per heavy atom. The lowest BCUT2D eigenvalue weighted by molar-refractivity contribution is 0.152. The second kappa shape index (κ2) is 12.8. The third-order valence-corrected chi connectivity index (χ3v) is 4.31. The van der Waals surface area contributed by atoms with Crippen molar-refractivity contribution >= 4 is 0 Å². The van der Waals surface area contributed by atoms with E-state index in [1.165, 1.54) is 0 Å². The molecule has 29 heavy (non-hydrogen) atoms. The number of hydrogen-bond donors (Lipinski definition) is 0. The fourth-order valence-corrected chi connectivity index (χ4v) is 2.52. The van der Waals surface area contributed by atoms with Crippen LogP contribution in [0.2, 0.25) is 0 Å². The van der Waals surface area contributed by atoms with Crippen LogP contribution in [0.5, 0.6) is 0 Å². The molecule has 0 saturated heterocycles. The smallest absolute Gasteiger partial charge is 0.108 e. The highest BCUT2D eigenvalue weighted by atomic mass is 16.5. The summed E-state index contributed by atoms with van der Waals surface area (Å²) in [6.07, 6.45) is 0. The lowest BCUT2D eigenvalue weighted by Gasteiger charge is -2.32. The van der Waals surface area contributed by atoms with Crippen LogP contribution in [-0.4, -0.2) is 36.7 Å². The van der Waals surface area contributed by atoms with Gasteiger partial charge in [0.15, 0.2) is 0 Å². The van der Waals surface area contributed by atoms with Gasteiger partial charge in [0.05, 0.1) is 26.3 Å². The molecule has 0 saturated carbocycles. The maximum Gasteiger partial charge on any atom is 0.108 e. The van der Waals surface area contributed by atoms with E-state index in [9.17, 15) is 0 Å². The first-order valence-electron chi connectivity index (χ1n) is 9.95. The lowest BCUT2D eigenvalue weighted by atomic mass is 10.1. The van der Waals surface area contributed by atoms with Gasteiger partial charge in [-0.15, -0.1) is 0 Å². The van der Waals surface area contributed by atoms with E-state index in [1.54, 1.807) is 0 Å². The minimum atomic E-state index is -0.000842. The van der Waals surface area contributed by atoms with Gasteiger partial charge in [-0.3, -0.25) is 4.90 Å². The van der Waals surface area contributed by atoms with Gasteiger partial charge in [0.1, 0.15) is 13.2 Å². The van der Waals surface area contributed by atoms with Crippen molar-refractivity contribution in [2.75, 3.05) is 26.3 Å². The molecule has 0 spiro atoms. The van der Waals surface area contributed by atoms with Gasteiger partial charge in [-0.2, -0.15) is 0 Å². The van der Waals surface area contributed by atoms with Gasteiger partial charge in [0.25, 0.3) is 0 Å². The molecule has 0 N–H and O–H groups in total. The maximum atomic E-state index is 5.61. The molecule has 152 valence electrons. The molecule has 0 aliphatic rings. The highest BCUT2D eigenvalue weighted by Crippen LogP contribution is 2.11. The van der Waals surface area contributed by atoms with E-state index in [1.807, 2.05) is 36.4 Å². The minimum absolute atomic E-state index is 0.000842. The summed E-state index contributed by atoms with van der Waals surface area (Å²) in [5, 5.41) is 0. The fourth-order valence-electron chi connectivity index (χ4n) is 2.52. The third-order valence-electron chi connectivity index (χ3n) is 4.31. The summed E-state index contributed by atoms with van der Waals surface area (Å²) in [6.45, 7) is 9.91. The Labute approximate surface area is 176 Å². The Bertz CT molecular complexity index is 752. The summed E-state index contributed by atoms with van der Waals surface area (Å²) in [4.78, 5) is 2.25. The Hall–Kier alpha value is -2.56. The second-order valence-corrected chi connectivity index (χ2v) is 7.69. The van der Waals surface area contributed by atoms with Gasteiger partial charge in [0.2, 0.25) is 0 Å². The van der Waals surface area contributed by atoms with E-state index in [-0.39, 0.29) is 5.54 Å². The van der Waals surface area contributed by atoms with E-state index >= 15 is 0 Å². The molecule has 0 bridgehead atoms. The summed E-state index contributed by atoms with van der Waals surface area (Å²) in [7, 11) is 0. The number of benzene rings is 2. The molecule has 0 heterocycles. The van der Waals surface area contributed by atoms with Gasteiger partial charge in [-0.1, -0.05) is 84.3 Å². The topological polar surface area (TPSA) is 21.7 Å². The molecule has 2 aromatic rings. The SMILES string of the molecule is CC(C)(C)N(CC#CCOCc1ccccc1)CC#CCOCc1ccccc1. The summed E-state index contributed by atoms with van der Waals surface area (Å²) in [5.74, 6) is 12.6. The molecule has 3 nitrogen and oxygen atoms in total. The first-order valence-corrected chi connectivity index (χ1v) is 9.95. The minimum Gasteiger partial charge on any atom is -0.364 e. The third kappa shape index (κ3) is 9.97. The van der Waals surface area contributed by atoms with E-state index in [0.717, 1.165) is 11.1 Å². The summed E-state index contributed by atoms with van der Waals surface area (Å²) in [6, 6.07) is 20.3. The van der Waals surface area contributed by atoms with Crippen LogP contribution < -0.4 is 0 Å². The number of rotatable bonds is 8. The average Bonchev–Trinajstić information content (AvgIpc) is 2.72. The summed E-state index contributed by atoms with van der Waals surface area (Å²) < 4.78 is 11.2. The Kier molecular flexibility index (Phi) is 10.0. The molecule has 2 rings (SSSR count). The fraction of sp³-hybridized carbons (Fsp3) is 0.385. The van der Waals surface area contributed by atoms with Crippen LogP contribution in [0.3, 0.4) is 0 Å². The van der Waals surface area contributed by atoms with Crippen molar-refractivity contribution in [1.29, 1.82) is 0 Å². The molecule has 2 aromatic carbocycles. The van der Waals surface area contributed by atoms with Gasteiger partial charge in [-0.25, -0.2) is 0 Å². The zero-order valence-corrected chi connectivity index (χ0v) is 17.8. The van der Waals surface area contributed by atoms with Crippen LogP contribution >= 0.6 is 0 Å². The predicted octanol–water partition coefficient (Wildman–Crippen LogP) is 4.53. The molecule has 0 radical (unpaired) electrons. The Morgan fingerprint density at radius 1 is 0.655 bits per heavy atom. The average molecular weight is 390 g/mol. The van der Waals surface area contributed by atoms with E-state index in [4.69, 9.17) is 9.47 Å². The van der Waals surface area contributed by atoms with E-state index < -0.39 is 0 Å². The molecular weight excluding hydrogens is 358 g/mol. The molecule has 0 atom stereocenters. The standard InChI is InChI=1S/C26H31NO2/c1-26(2,3)27(18-10-12-20-28-22-24-14-6-4-7-15-24)19-11-13-21-29-23-25-16-8-5-9-17-25/h4-9,14-17H,18-23H2,1-3H3. The maximum absolute atomic E-state index is 5.61. The van der Waals surface area contributed by atoms with Crippen LogP contribution in [0.4, 0.5) is 0 Å². The monoisotopic (exact) mass is 389 g/mol. The largest absolute Gasteiger partial charge is 0.364 e. The normalized spacial score (nSPS) is 10.8. The quantitative estimate of drug-likeness (QED) is 0.489. The van der Waals surface area contributed by atoms with Crippen molar-refractivity contribution in [2.45, 2.75) is 39.5 Å².